The molecule has 8 heteroatoms. The first-order chi connectivity index (χ1) is 16.4. The Hall–Kier alpha value is -3.78. The summed E-state index contributed by atoms with van der Waals surface area (Å²) in [5, 5.41) is 4.40. The van der Waals surface area contributed by atoms with Crippen molar-refractivity contribution in [3.8, 4) is 22.8 Å². The Morgan fingerprint density at radius 3 is 2.41 bits per heavy atom. The van der Waals surface area contributed by atoms with Crippen molar-refractivity contribution in [2.24, 2.45) is 0 Å². The van der Waals surface area contributed by atoms with E-state index in [1.165, 1.54) is 0 Å². The highest BCUT2D eigenvalue weighted by Gasteiger charge is 2.21. The third-order valence-electron chi connectivity index (χ3n) is 4.96. The van der Waals surface area contributed by atoms with E-state index in [0.29, 0.717) is 23.7 Å². The van der Waals surface area contributed by atoms with Crippen LogP contribution in [0.5, 0.6) is 5.75 Å². The van der Waals surface area contributed by atoms with Gasteiger partial charge in [0.15, 0.2) is 18.2 Å². The van der Waals surface area contributed by atoms with E-state index >= 15 is 0 Å². The van der Waals surface area contributed by atoms with E-state index in [1.807, 2.05) is 62.4 Å². The van der Waals surface area contributed by atoms with Crippen LogP contribution in [0, 0.1) is 6.92 Å². The average Bonchev–Trinajstić information content (AvgIpc) is 3.29. The number of ether oxygens (including phenoxy) is 2. The average molecular weight is 520 g/mol. The number of esters is 1. The van der Waals surface area contributed by atoms with Gasteiger partial charge in [-0.2, -0.15) is 0 Å². The van der Waals surface area contributed by atoms with E-state index in [-0.39, 0.29) is 11.6 Å². The van der Waals surface area contributed by atoms with Crippen LogP contribution in [0.1, 0.15) is 33.5 Å². The summed E-state index contributed by atoms with van der Waals surface area (Å²) in [6, 6.07) is 21.9. The second kappa shape index (κ2) is 10.4. The van der Waals surface area contributed by atoms with Crippen molar-refractivity contribution in [3.63, 3.8) is 0 Å². The maximum absolute atomic E-state index is 12.7. The van der Waals surface area contributed by atoms with Crippen molar-refractivity contribution in [1.82, 2.24) is 14.8 Å². The predicted molar refractivity (Wildman–Crippen MR) is 131 cm³/mol. The van der Waals surface area contributed by atoms with Crippen LogP contribution in [0.25, 0.3) is 17.1 Å². The molecule has 0 atom stereocenters. The Balaban J connectivity index is 1.61. The van der Waals surface area contributed by atoms with Gasteiger partial charge in [0.25, 0.3) is 5.82 Å². The lowest BCUT2D eigenvalue weighted by Crippen LogP contribution is -2.15. The second-order valence-electron chi connectivity index (χ2n) is 7.47. The lowest BCUT2D eigenvalue weighted by molar-refractivity contribution is 0.0462. The number of aryl methyl sites for hydroxylation is 1. The number of Topliss-reactive ketones (excluding diaryl/α,β-unsaturated/α-hetero) is 1. The lowest BCUT2D eigenvalue weighted by atomic mass is 10.1. The Morgan fingerprint density at radius 1 is 1.00 bits per heavy atom. The van der Waals surface area contributed by atoms with Crippen LogP contribution in [-0.4, -0.2) is 39.7 Å². The smallest absolute Gasteiger partial charge is 0.378 e. The third kappa shape index (κ3) is 5.40. The number of nitrogens with zero attached hydrogens (tertiary/aromatic N) is 3. The van der Waals surface area contributed by atoms with Crippen LogP contribution in [0.4, 0.5) is 0 Å². The molecule has 7 nitrogen and oxygen atoms in total. The number of hydrogen-bond acceptors (Lipinski definition) is 6. The predicted octanol–water partition coefficient (Wildman–Crippen LogP) is 5.44. The monoisotopic (exact) mass is 519 g/mol. The van der Waals surface area contributed by atoms with Gasteiger partial charge in [-0.3, -0.25) is 4.79 Å². The summed E-state index contributed by atoms with van der Waals surface area (Å²) in [6.45, 7) is 4.05. The van der Waals surface area contributed by atoms with E-state index in [4.69, 9.17) is 9.47 Å². The zero-order valence-electron chi connectivity index (χ0n) is 18.7. The number of ketones is 1. The minimum atomic E-state index is -0.774. The van der Waals surface area contributed by atoms with E-state index in [2.05, 4.69) is 26.0 Å². The van der Waals surface area contributed by atoms with Gasteiger partial charge in [-0.25, -0.2) is 14.5 Å². The molecule has 0 spiro atoms. The standard InChI is InChI=1S/C26H22BrN3O4/c1-3-33-22-13-11-21(12-14-22)30-25(19-6-4-5-17(2)15-19)28-24(29-30)26(32)34-16-23(31)18-7-9-20(27)10-8-18/h4-15H,3,16H2,1-2H3. The van der Waals surface area contributed by atoms with Gasteiger partial charge in [0, 0.05) is 15.6 Å². The highest BCUT2D eigenvalue weighted by molar-refractivity contribution is 9.10. The summed E-state index contributed by atoms with van der Waals surface area (Å²) in [6.07, 6.45) is 0. The normalized spacial score (nSPS) is 10.7. The molecule has 0 aliphatic rings. The number of benzene rings is 3. The fourth-order valence-electron chi connectivity index (χ4n) is 3.31. The Labute approximate surface area is 205 Å². The summed E-state index contributed by atoms with van der Waals surface area (Å²) < 4.78 is 13.2. The van der Waals surface area contributed by atoms with Crippen molar-refractivity contribution in [2.45, 2.75) is 13.8 Å². The fraction of sp³-hybridized carbons (Fsp3) is 0.154. The zero-order valence-corrected chi connectivity index (χ0v) is 20.3. The molecule has 34 heavy (non-hydrogen) atoms. The molecule has 4 aromatic rings. The summed E-state index contributed by atoms with van der Waals surface area (Å²) in [7, 11) is 0. The molecular formula is C26H22BrN3O4. The molecule has 0 fully saturated rings. The minimum Gasteiger partial charge on any atom is -0.494 e. The molecule has 0 saturated heterocycles. The van der Waals surface area contributed by atoms with E-state index in [0.717, 1.165) is 21.3 Å². The SMILES string of the molecule is CCOc1ccc(-n2nc(C(=O)OCC(=O)c3ccc(Br)cc3)nc2-c2cccc(C)c2)cc1. The summed E-state index contributed by atoms with van der Waals surface area (Å²) in [5.74, 6) is -0.00245. The van der Waals surface area contributed by atoms with Crippen LogP contribution in [-0.2, 0) is 4.74 Å². The van der Waals surface area contributed by atoms with Crippen LogP contribution in [0.2, 0.25) is 0 Å². The number of hydrogen-bond donors (Lipinski definition) is 0. The van der Waals surface area contributed by atoms with Gasteiger partial charge in [0.05, 0.1) is 12.3 Å². The van der Waals surface area contributed by atoms with Crippen LogP contribution in [0.3, 0.4) is 0 Å². The van der Waals surface area contributed by atoms with Crippen molar-refractivity contribution in [3.05, 3.63) is 94.2 Å². The molecule has 1 heterocycles. The number of aromatic nitrogens is 3. The first-order valence-electron chi connectivity index (χ1n) is 10.7. The van der Waals surface area contributed by atoms with Gasteiger partial charge in [-0.05, 0) is 56.3 Å². The number of carbonyl (C=O) groups excluding carboxylic acids is 2. The van der Waals surface area contributed by atoms with Crippen LogP contribution in [0.15, 0.2) is 77.3 Å². The van der Waals surface area contributed by atoms with Gasteiger partial charge in [0.2, 0.25) is 0 Å². The molecule has 0 bridgehead atoms. The fourth-order valence-corrected chi connectivity index (χ4v) is 3.58. The maximum atomic E-state index is 12.7. The highest BCUT2D eigenvalue weighted by atomic mass is 79.9. The summed E-state index contributed by atoms with van der Waals surface area (Å²) in [5.41, 5.74) is 3.00. The van der Waals surface area contributed by atoms with Crippen molar-refractivity contribution < 1.29 is 19.1 Å². The van der Waals surface area contributed by atoms with Crippen molar-refractivity contribution in [1.29, 1.82) is 0 Å². The summed E-state index contributed by atoms with van der Waals surface area (Å²) in [4.78, 5) is 29.6. The molecule has 0 saturated carbocycles. The number of halogens is 1. The van der Waals surface area contributed by atoms with E-state index < -0.39 is 12.6 Å². The van der Waals surface area contributed by atoms with Crippen LogP contribution < -0.4 is 4.74 Å². The zero-order chi connectivity index (χ0) is 24.1. The molecule has 0 N–H and O–H groups in total. The molecule has 0 radical (unpaired) electrons. The van der Waals surface area contributed by atoms with Gasteiger partial charge in [-0.15, -0.1) is 5.10 Å². The number of carbonyl (C=O) groups is 2. The van der Waals surface area contributed by atoms with Gasteiger partial charge < -0.3 is 9.47 Å². The van der Waals surface area contributed by atoms with Gasteiger partial charge >= 0.3 is 5.97 Å². The Morgan fingerprint density at radius 2 is 1.74 bits per heavy atom. The van der Waals surface area contributed by atoms with E-state index in [9.17, 15) is 9.59 Å². The first kappa shape index (κ1) is 23.4. The first-order valence-corrected chi connectivity index (χ1v) is 11.5. The van der Waals surface area contributed by atoms with Gasteiger partial charge in [0.1, 0.15) is 5.75 Å². The molecular weight excluding hydrogens is 498 g/mol. The van der Waals surface area contributed by atoms with Gasteiger partial charge in [-0.1, -0.05) is 51.8 Å². The molecule has 0 unspecified atom stereocenters. The molecule has 1 aromatic heterocycles. The Kier molecular flexibility index (Phi) is 7.18. The highest BCUT2D eigenvalue weighted by Crippen LogP contribution is 2.24. The number of rotatable bonds is 8. The molecule has 0 aliphatic carbocycles. The largest absolute Gasteiger partial charge is 0.494 e. The minimum absolute atomic E-state index is 0.131. The second-order valence-corrected chi connectivity index (χ2v) is 8.39. The molecule has 0 amide bonds. The summed E-state index contributed by atoms with van der Waals surface area (Å²) >= 11 is 3.33. The van der Waals surface area contributed by atoms with Crippen molar-refractivity contribution in [2.75, 3.05) is 13.2 Å². The molecule has 0 aliphatic heterocycles. The Bertz CT molecular complexity index is 1310. The van der Waals surface area contributed by atoms with Crippen LogP contribution >= 0.6 is 15.9 Å². The van der Waals surface area contributed by atoms with Crippen molar-refractivity contribution >= 4 is 27.7 Å². The molecule has 4 rings (SSSR count). The third-order valence-corrected chi connectivity index (χ3v) is 5.49. The molecule has 3 aromatic carbocycles. The van der Waals surface area contributed by atoms with E-state index in [1.54, 1.807) is 28.9 Å². The maximum Gasteiger partial charge on any atom is 0.378 e. The topological polar surface area (TPSA) is 83.3 Å². The molecule has 172 valence electrons. The lowest BCUT2D eigenvalue weighted by Gasteiger charge is -2.08. The quantitative estimate of drug-likeness (QED) is 0.227.